The van der Waals surface area contributed by atoms with E-state index in [9.17, 15) is 4.79 Å². The summed E-state index contributed by atoms with van der Waals surface area (Å²) in [6.45, 7) is 5.22. The first kappa shape index (κ1) is 18.5. The number of para-hydroxylation sites is 1. The molecule has 0 aliphatic rings. The van der Waals surface area contributed by atoms with E-state index < -0.39 is 5.97 Å². The summed E-state index contributed by atoms with van der Waals surface area (Å²) in [5.74, 6) is -0.108. The van der Waals surface area contributed by atoms with E-state index in [1.54, 1.807) is 24.3 Å². The van der Waals surface area contributed by atoms with Gasteiger partial charge in [-0.3, -0.25) is 0 Å². The molecule has 0 saturated carbocycles. The molecule has 4 heteroatoms. The lowest BCUT2D eigenvalue weighted by Gasteiger charge is -2.14. The number of aryl methyl sites for hydroxylation is 2. The molecule has 27 heavy (non-hydrogen) atoms. The van der Waals surface area contributed by atoms with Crippen LogP contribution in [-0.4, -0.2) is 11.1 Å². The van der Waals surface area contributed by atoms with Gasteiger partial charge in [-0.1, -0.05) is 42.5 Å². The van der Waals surface area contributed by atoms with E-state index in [-0.39, 0.29) is 5.56 Å². The first-order chi connectivity index (χ1) is 13.0. The lowest BCUT2D eigenvalue weighted by molar-refractivity contribution is 0.0697. The molecule has 0 spiro atoms. The van der Waals surface area contributed by atoms with Crippen LogP contribution in [0.3, 0.4) is 0 Å². The second-order valence-electron chi connectivity index (χ2n) is 6.57. The van der Waals surface area contributed by atoms with Crippen LogP contribution in [0.2, 0.25) is 0 Å². The van der Waals surface area contributed by atoms with E-state index in [0.717, 1.165) is 22.6 Å². The number of carbonyl (C=O) groups is 1. The molecule has 4 nitrogen and oxygen atoms in total. The molecule has 0 aromatic heterocycles. The van der Waals surface area contributed by atoms with Crippen LogP contribution in [0.15, 0.2) is 66.7 Å². The second-order valence-corrected chi connectivity index (χ2v) is 6.57. The number of benzene rings is 3. The third-order valence-electron chi connectivity index (χ3n) is 4.43. The van der Waals surface area contributed by atoms with Crippen LogP contribution in [0.25, 0.3) is 0 Å². The van der Waals surface area contributed by atoms with Gasteiger partial charge in [0.05, 0.1) is 5.56 Å². The summed E-state index contributed by atoms with van der Waals surface area (Å²) in [5.41, 5.74) is 5.82. The van der Waals surface area contributed by atoms with Crippen molar-refractivity contribution in [3.63, 3.8) is 0 Å². The van der Waals surface area contributed by atoms with E-state index in [0.29, 0.717) is 13.2 Å². The van der Waals surface area contributed by atoms with Crippen molar-refractivity contribution in [2.24, 2.45) is 0 Å². The van der Waals surface area contributed by atoms with Crippen molar-refractivity contribution in [3.05, 3.63) is 94.5 Å². The number of aromatic carboxylic acids is 1. The molecule has 0 atom stereocenters. The molecule has 0 bridgehead atoms. The predicted octanol–water partition coefficient (Wildman–Crippen LogP) is 5.19. The largest absolute Gasteiger partial charge is 0.489 e. The fourth-order valence-corrected chi connectivity index (χ4v) is 2.81. The summed E-state index contributed by atoms with van der Waals surface area (Å²) in [6.07, 6.45) is 0. The Morgan fingerprint density at radius 1 is 1.00 bits per heavy atom. The van der Waals surface area contributed by atoms with E-state index in [1.807, 2.05) is 24.3 Å². The van der Waals surface area contributed by atoms with Gasteiger partial charge in [-0.05, 0) is 54.8 Å². The Morgan fingerprint density at radius 3 is 2.48 bits per heavy atom. The van der Waals surface area contributed by atoms with Gasteiger partial charge in [0.25, 0.3) is 0 Å². The van der Waals surface area contributed by atoms with Crippen molar-refractivity contribution >= 4 is 11.7 Å². The minimum atomic E-state index is -0.926. The van der Waals surface area contributed by atoms with Crippen molar-refractivity contribution in [3.8, 4) is 5.75 Å². The number of ether oxygens (including phenoxy) is 1. The second kappa shape index (κ2) is 8.41. The van der Waals surface area contributed by atoms with E-state index in [2.05, 4.69) is 37.4 Å². The molecule has 3 aromatic rings. The minimum absolute atomic E-state index is 0.275. The normalized spacial score (nSPS) is 10.4. The van der Waals surface area contributed by atoms with Crippen LogP contribution in [0.5, 0.6) is 5.75 Å². The zero-order valence-electron chi connectivity index (χ0n) is 15.5. The molecule has 138 valence electrons. The standard InChI is InChI=1S/C23H23NO3/c1-16-7-8-17(2)21(13-16)24-14-20-5-3-4-6-22(20)27-15-18-9-11-19(12-10-18)23(25)26/h3-13,24H,14-15H2,1-2H3,(H,25,26). The third-order valence-corrected chi connectivity index (χ3v) is 4.43. The lowest BCUT2D eigenvalue weighted by Crippen LogP contribution is -2.05. The summed E-state index contributed by atoms with van der Waals surface area (Å²) in [4.78, 5) is 10.9. The number of hydrogen-bond acceptors (Lipinski definition) is 3. The average molecular weight is 361 g/mol. The van der Waals surface area contributed by atoms with Crippen LogP contribution in [0.4, 0.5) is 5.69 Å². The first-order valence-corrected chi connectivity index (χ1v) is 8.87. The maximum Gasteiger partial charge on any atom is 0.335 e. The van der Waals surface area contributed by atoms with E-state index in [1.165, 1.54) is 11.1 Å². The molecule has 2 N–H and O–H groups in total. The molecule has 0 radical (unpaired) electrons. The Bertz CT molecular complexity index is 933. The fraction of sp³-hybridized carbons (Fsp3) is 0.174. The molecular weight excluding hydrogens is 338 g/mol. The molecule has 3 rings (SSSR count). The Balaban J connectivity index is 1.66. The highest BCUT2D eigenvalue weighted by molar-refractivity contribution is 5.87. The van der Waals surface area contributed by atoms with Gasteiger partial charge in [0, 0.05) is 17.8 Å². The number of hydrogen-bond donors (Lipinski definition) is 2. The Morgan fingerprint density at radius 2 is 1.74 bits per heavy atom. The van der Waals surface area contributed by atoms with Crippen molar-refractivity contribution in [2.75, 3.05) is 5.32 Å². The summed E-state index contributed by atoms with van der Waals surface area (Å²) in [7, 11) is 0. The Kier molecular flexibility index (Phi) is 5.77. The third kappa shape index (κ3) is 4.88. The summed E-state index contributed by atoms with van der Waals surface area (Å²) >= 11 is 0. The Hall–Kier alpha value is -3.27. The van der Waals surface area contributed by atoms with Gasteiger partial charge in [0.15, 0.2) is 0 Å². The molecule has 0 aliphatic carbocycles. The number of carboxylic acids is 1. The lowest BCUT2D eigenvalue weighted by atomic mass is 10.1. The van der Waals surface area contributed by atoms with Crippen molar-refractivity contribution in [1.29, 1.82) is 0 Å². The first-order valence-electron chi connectivity index (χ1n) is 8.87. The highest BCUT2D eigenvalue weighted by Crippen LogP contribution is 2.23. The van der Waals surface area contributed by atoms with Gasteiger partial charge in [-0.2, -0.15) is 0 Å². The molecule has 0 unspecified atom stereocenters. The summed E-state index contributed by atoms with van der Waals surface area (Å²) in [5, 5.41) is 12.5. The van der Waals surface area contributed by atoms with Gasteiger partial charge >= 0.3 is 5.97 Å². The maximum atomic E-state index is 10.9. The summed E-state index contributed by atoms with van der Waals surface area (Å²) in [6, 6.07) is 21.0. The van der Waals surface area contributed by atoms with Crippen molar-refractivity contribution < 1.29 is 14.6 Å². The van der Waals surface area contributed by atoms with E-state index >= 15 is 0 Å². The highest BCUT2D eigenvalue weighted by atomic mass is 16.5. The number of carboxylic acid groups (broad SMARTS) is 1. The molecule has 0 saturated heterocycles. The zero-order chi connectivity index (χ0) is 19.2. The monoisotopic (exact) mass is 361 g/mol. The molecule has 0 aliphatic heterocycles. The smallest absolute Gasteiger partial charge is 0.335 e. The van der Waals surface area contributed by atoms with Gasteiger partial charge in [0.1, 0.15) is 12.4 Å². The van der Waals surface area contributed by atoms with Crippen LogP contribution >= 0.6 is 0 Å². The van der Waals surface area contributed by atoms with Crippen LogP contribution in [0, 0.1) is 13.8 Å². The quantitative estimate of drug-likeness (QED) is 0.608. The molecular formula is C23H23NO3. The number of nitrogens with one attached hydrogen (secondary N) is 1. The fourth-order valence-electron chi connectivity index (χ4n) is 2.81. The maximum absolute atomic E-state index is 10.9. The predicted molar refractivity (Wildman–Crippen MR) is 107 cm³/mol. The highest BCUT2D eigenvalue weighted by Gasteiger charge is 2.06. The average Bonchev–Trinajstić information content (AvgIpc) is 2.68. The van der Waals surface area contributed by atoms with Crippen molar-refractivity contribution in [2.45, 2.75) is 27.0 Å². The molecule has 0 fully saturated rings. The number of anilines is 1. The van der Waals surface area contributed by atoms with Gasteiger partial charge in [-0.15, -0.1) is 0 Å². The SMILES string of the molecule is Cc1ccc(C)c(NCc2ccccc2OCc2ccc(C(=O)O)cc2)c1. The molecule has 0 heterocycles. The topological polar surface area (TPSA) is 58.6 Å². The van der Waals surface area contributed by atoms with E-state index in [4.69, 9.17) is 9.84 Å². The van der Waals surface area contributed by atoms with Crippen LogP contribution < -0.4 is 10.1 Å². The minimum Gasteiger partial charge on any atom is -0.489 e. The number of rotatable bonds is 7. The zero-order valence-corrected chi connectivity index (χ0v) is 15.5. The van der Waals surface area contributed by atoms with Crippen molar-refractivity contribution in [1.82, 2.24) is 0 Å². The van der Waals surface area contributed by atoms with Gasteiger partial charge < -0.3 is 15.2 Å². The van der Waals surface area contributed by atoms with Crippen LogP contribution in [-0.2, 0) is 13.2 Å². The molecule has 0 amide bonds. The molecule has 3 aromatic carbocycles. The van der Waals surface area contributed by atoms with Crippen LogP contribution in [0.1, 0.15) is 32.6 Å². The Labute approximate surface area is 159 Å². The van der Waals surface area contributed by atoms with Gasteiger partial charge in [-0.25, -0.2) is 4.79 Å². The van der Waals surface area contributed by atoms with Gasteiger partial charge in [0.2, 0.25) is 0 Å². The summed E-state index contributed by atoms with van der Waals surface area (Å²) < 4.78 is 5.98.